The van der Waals surface area contributed by atoms with Crippen LogP contribution in [0.5, 0.6) is 5.75 Å². The van der Waals surface area contributed by atoms with Crippen molar-refractivity contribution in [1.82, 2.24) is 0 Å². The number of rotatable bonds is 3. The van der Waals surface area contributed by atoms with Gasteiger partial charge in [0.05, 0.1) is 12.7 Å². The standard InChI is InChI=1S/C10H9FN4O2/c1-10(12-14-15-13-10)7-3-6(5-16)9(17-2)8(11)4-7/h3-5H,1-2H3. The van der Waals surface area contributed by atoms with E-state index in [1.807, 2.05) is 0 Å². The molecule has 6 nitrogen and oxygen atoms in total. The van der Waals surface area contributed by atoms with Crippen LogP contribution in [-0.2, 0) is 5.66 Å². The van der Waals surface area contributed by atoms with Crippen LogP contribution in [0.25, 0.3) is 0 Å². The molecule has 0 saturated carbocycles. The van der Waals surface area contributed by atoms with E-state index < -0.39 is 11.5 Å². The second-order valence-electron chi connectivity index (χ2n) is 3.60. The molecular formula is C10H9FN4O2. The van der Waals surface area contributed by atoms with Crippen LogP contribution in [0, 0.1) is 5.82 Å². The van der Waals surface area contributed by atoms with Crippen LogP contribution in [0.3, 0.4) is 0 Å². The van der Waals surface area contributed by atoms with Crippen LogP contribution in [0.2, 0.25) is 0 Å². The fourth-order valence-electron chi connectivity index (χ4n) is 1.54. The molecule has 1 aromatic carbocycles. The molecule has 0 atom stereocenters. The van der Waals surface area contributed by atoms with E-state index in [-0.39, 0.29) is 11.3 Å². The topological polar surface area (TPSA) is 75.7 Å². The van der Waals surface area contributed by atoms with Crippen LogP contribution in [0.4, 0.5) is 4.39 Å². The normalized spacial score (nSPS) is 16.2. The number of carbonyl (C=O) groups is 1. The summed E-state index contributed by atoms with van der Waals surface area (Å²) in [4.78, 5) is 10.9. The maximum atomic E-state index is 13.7. The van der Waals surface area contributed by atoms with Gasteiger partial charge in [0.25, 0.3) is 0 Å². The van der Waals surface area contributed by atoms with Crippen molar-refractivity contribution in [2.45, 2.75) is 12.6 Å². The lowest BCUT2D eigenvalue weighted by molar-refractivity contribution is 0.111. The number of ether oxygens (including phenoxy) is 1. The molecule has 0 aliphatic carbocycles. The van der Waals surface area contributed by atoms with E-state index in [0.717, 1.165) is 0 Å². The average Bonchev–Trinajstić information content (AvgIpc) is 2.76. The van der Waals surface area contributed by atoms with E-state index in [2.05, 4.69) is 20.7 Å². The summed E-state index contributed by atoms with van der Waals surface area (Å²) in [5.41, 5.74) is -0.589. The fraction of sp³-hybridized carbons (Fsp3) is 0.300. The third kappa shape index (κ3) is 1.79. The van der Waals surface area contributed by atoms with Gasteiger partial charge in [0.15, 0.2) is 17.9 Å². The second kappa shape index (κ2) is 4.00. The Bertz CT molecular complexity index is 515. The third-order valence-electron chi connectivity index (χ3n) is 2.47. The van der Waals surface area contributed by atoms with Crippen molar-refractivity contribution in [3.05, 3.63) is 29.1 Å². The molecule has 0 fully saturated rings. The molecule has 1 aliphatic rings. The van der Waals surface area contributed by atoms with Crippen molar-refractivity contribution >= 4 is 6.29 Å². The zero-order valence-corrected chi connectivity index (χ0v) is 9.22. The second-order valence-corrected chi connectivity index (χ2v) is 3.60. The lowest BCUT2D eigenvalue weighted by atomic mass is 10.00. The Labute approximate surface area is 96.2 Å². The number of hydrogen-bond donors (Lipinski definition) is 0. The smallest absolute Gasteiger partial charge is 0.217 e. The van der Waals surface area contributed by atoms with Gasteiger partial charge in [-0.15, -0.1) is 10.2 Å². The first-order valence-electron chi connectivity index (χ1n) is 4.78. The van der Waals surface area contributed by atoms with E-state index in [4.69, 9.17) is 4.74 Å². The van der Waals surface area contributed by atoms with Gasteiger partial charge in [0.1, 0.15) is 0 Å². The molecule has 0 bridgehead atoms. The van der Waals surface area contributed by atoms with Crippen LogP contribution >= 0.6 is 0 Å². The molecule has 0 spiro atoms. The van der Waals surface area contributed by atoms with Gasteiger partial charge in [-0.3, -0.25) is 4.79 Å². The van der Waals surface area contributed by atoms with Gasteiger partial charge in [-0.25, -0.2) is 4.39 Å². The zero-order valence-electron chi connectivity index (χ0n) is 9.22. The van der Waals surface area contributed by atoms with Gasteiger partial charge < -0.3 is 4.74 Å². The van der Waals surface area contributed by atoms with Crippen molar-refractivity contribution in [3.63, 3.8) is 0 Å². The van der Waals surface area contributed by atoms with Gasteiger partial charge in [-0.05, 0) is 29.5 Å². The van der Waals surface area contributed by atoms with Gasteiger partial charge >= 0.3 is 0 Å². The van der Waals surface area contributed by atoms with Gasteiger partial charge in [0.2, 0.25) is 5.66 Å². The Hall–Kier alpha value is -2.18. The Morgan fingerprint density at radius 2 is 2.00 bits per heavy atom. The molecule has 1 aromatic rings. The van der Waals surface area contributed by atoms with Crippen LogP contribution in [0.1, 0.15) is 22.8 Å². The molecule has 0 radical (unpaired) electrons. The van der Waals surface area contributed by atoms with Crippen molar-refractivity contribution in [2.24, 2.45) is 20.7 Å². The summed E-state index contributed by atoms with van der Waals surface area (Å²) in [6, 6.07) is 2.66. The Kier molecular flexibility index (Phi) is 2.66. The summed E-state index contributed by atoms with van der Waals surface area (Å²) >= 11 is 0. The molecule has 1 heterocycles. The van der Waals surface area contributed by atoms with Crippen molar-refractivity contribution < 1.29 is 13.9 Å². The molecule has 0 N–H and O–H groups in total. The summed E-state index contributed by atoms with van der Waals surface area (Å²) in [6.07, 6.45) is 0.512. The van der Waals surface area contributed by atoms with Gasteiger partial charge in [-0.1, -0.05) is 0 Å². The summed E-state index contributed by atoms with van der Waals surface area (Å²) in [5.74, 6) is -0.746. The number of nitrogens with zero attached hydrogens (tertiary/aromatic N) is 4. The Morgan fingerprint density at radius 1 is 1.35 bits per heavy atom. The summed E-state index contributed by atoms with van der Waals surface area (Å²) in [6.45, 7) is 1.61. The van der Waals surface area contributed by atoms with Gasteiger partial charge in [-0.2, -0.15) is 0 Å². The predicted molar refractivity (Wildman–Crippen MR) is 55.4 cm³/mol. The van der Waals surface area contributed by atoms with Crippen LogP contribution < -0.4 is 4.74 Å². The Morgan fingerprint density at radius 3 is 2.53 bits per heavy atom. The largest absolute Gasteiger partial charge is 0.493 e. The Balaban J connectivity index is 2.58. The first-order valence-corrected chi connectivity index (χ1v) is 4.78. The first kappa shape index (κ1) is 11.3. The van der Waals surface area contributed by atoms with Gasteiger partial charge in [0, 0.05) is 5.56 Å². The summed E-state index contributed by atoms with van der Waals surface area (Å²) in [5, 5.41) is 14.3. The SMILES string of the molecule is COc1c(F)cc(C2(C)N=NN=N2)cc1C=O. The lowest BCUT2D eigenvalue weighted by Gasteiger charge is -2.16. The molecule has 2 rings (SSSR count). The number of halogens is 1. The lowest BCUT2D eigenvalue weighted by Crippen LogP contribution is -2.14. The van der Waals surface area contributed by atoms with E-state index >= 15 is 0 Å². The van der Waals surface area contributed by atoms with E-state index in [1.165, 1.54) is 19.2 Å². The number of benzene rings is 1. The summed E-state index contributed by atoms with van der Waals surface area (Å²) < 4.78 is 18.5. The minimum atomic E-state index is -1.08. The monoisotopic (exact) mass is 236 g/mol. The third-order valence-corrected chi connectivity index (χ3v) is 2.47. The van der Waals surface area contributed by atoms with E-state index in [9.17, 15) is 9.18 Å². The first-order chi connectivity index (χ1) is 8.10. The highest BCUT2D eigenvalue weighted by molar-refractivity contribution is 5.80. The summed E-state index contributed by atoms with van der Waals surface area (Å²) in [7, 11) is 1.29. The quantitative estimate of drug-likeness (QED) is 0.756. The van der Waals surface area contributed by atoms with Crippen LogP contribution in [0.15, 0.2) is 32.8 Å². The van der Waals surface area contributed by atoms with E-state index in [1.54, 1.807) is 6.92 Å². The number of aldehydes is 1. The molecule has 0 amide bonds. The average molecular weight is 236 g/mol. The number of hydrogen-bond acceptors (Lipinski definition) is 6. The maximum Gasteiger partial charge on any atom is 0.217 e. The molecule has 0 unspecified atom stereocenters. The highest BCUT2D eigenvalue weighted by Gasteiger charge is 2.31. The molecular weight excluding hydrogens is 227 g/mol. The van der Waals surface area contributed by atoms with Crippen molar-refractivity contribution in [3.8, 4) is 5.75 Å². The number of methoxy groups -OCH3 is 1. The van der Waals surface area contributed by atoms with E-state index in [0.29, 0.717) is 11.8 Å². The molecule has 0 saturated heterocycles. The number of carbonyl (C=O) groups excluding carboxylic acids is 1. The maximum absolute atomic E-state index is 13.7. The van der Waals surface area contributed by atoms with Crippen molar-refractivity contribution in [2.75, 3.05) is 7.11 Å². The highest BCUT2D eigenvalue weighted by Crippen LogP contribution is 2.35. The zero-order chi connectivity index (χ0) is 12.5. The molecule has 17 heavy (non-hydrogen) atoms. The van der Waals surface area contributed by atoms with Crippen molar-refractivity contribution in [1.29, 1.82) is 0 Å². The van der Waals surface area contributed by atoms with Crippen LogP contribution in [-0.4, -0.2) is 13.4 Å². The molecule has 0 aromatic heterocycles. The fourth-order valence-corrected chi connectivity index (χ4v) is 1.54. The highest BCUT2D eigenvalue weighted by atomic mass is 19.1. The molecule has 1 aliphatic heterocycles. The molecule has 7 heteroatoms. The minimum absolute atomic E-state index is 0.0979. The predicted octanol–water partition coefficient (Wildman–Crippen LogP) is 2.65. The minimum Gasteiger partial charge on any atom is -0.493 e. The molecule has 88 valence electrons.